The summed E-state index contributed by atoms with van der Waals surface area (Å²) in [5.41, 5.74) is 2.13. The largest absolute Gasteiger partial charge is 0.495 e. The third kappa shape index (κ3) is 3.30. The fourth-order valence-electron chi connectivity index (χ4n) is 1.80. The van der Waals surface area contributed by atoms with E-state index in [9.17, 15) is 4.79 Å². The van der Waals surface area contributed by atoms with Gasteiger partial charge in [-0.1, -0.05) is 34.1 Å². The molecule has 0 aromatic heterocycles. The minimum atomic E-state index is -0.935. The maximum absolute atomic E-state index is 10.9. The minimum Gasteiger partial charge on any atom is -0.495 e. The maximum atomic E-state index is 10.9. The summed E-state index contributed by atoms with van der Waals surface area (Å²) in [5.74, 6) is -0.166. The number of methoxy groups -OCH3 is 1. The van der Waals surface area contributed by atoms with Gasteiger partial charge in [0.25, 0.3) is 0 Å². The summed E-state index contributed by atoms with van der Waals surface area (Å²) in [6.07, 6.45) is 0. The van der Waals surface area contributed by atoms with Crippen LogP contribution in [-0.2, 0) is 6.54 Å². The van der Waals surface area contributed by atoms with Crippen LogP contribution in [-0.4, -0.2) is 18.2 Å². The Balaban J connectivity index is 2.13. The van der Waals surface area contributed by atoms with E-state index in [0.29, 0.717) is 6.54 Å². The number of carboxylic acids is 1. The molecule has 4 nitrogen and oxygen atoms in total. The number of nitrogens with one attached hydrogen (secondary N) is 1. The Morgan fingerprint density at radius 3 is 2.70 bits per heavy atom. The van der Waals surface area contributed by atoms with Crippen LogP contribution in [0.3, 0.4) is 0 Å². The number of rotatable bonds is 5. The third-order valence-corrected chi connectivity index (χ3v) is 3.61. The molecule has 2 N–H and O–H groups in total. The smallest absolute Gasteiger partial charge is 0.335 e. The Hall–Kier alpha value is -2.01. The Bertz CT molecular complexity index is 628. The molecule has 5 heteroatoms. The molecule has 0 spiro atoms. The van der Waals surface area contributed by atoms with Gasteiger partial charge in [0.05, 0.1) is 18.4 Å². The summed E-state index contributed by atoms with van der Waals surface area (Å²) in [7, 11) is 1.62. The average Bonchev–Trinajstić information content (AvgIpc) is 2.46. The molecule has 0 radical (unpaired) electrons. The Morgan fingerprint density at radius 2 is 2.05 bits per heavy atom. The van der Waals surface area contributed by atoms with Crippen molar-refractivity contribution < 1.29 is 14.6 Å². The summed E-state index contributed by atoms with van der Waals surface area (Å²) < 4.78 is 6.03. The number of hydrogen-bond acceptors (Lipinski definition) is 3. The minimum absolute atomic E-state index is 0.262. The zero-order valence-corrected chi connectivity index (χ0v) is 12.5. The van der Waals surface area contributed by atoms with Crippen molar-refractivity contribution in [2.75, 3.05) is 12.4 Å². The lowest BCUT2D eigenvalue weighted by Crippen LogP contribution is -2.03. The first-order valence-electron chi connectivity index (χ1n) is 6.00. The van der Waals surface area contributed by atoms with Crippen molar-refractivity contribution in [1.82, 2.24) is 0 Å². The lowest BCUT2D eigenvalue weighted by Gasteiger charge is -2.12. The molecule has 0 aliphatic heterocycles. The fourth-order valence-corrected chi connectivity index (χ4v) is 2.32. The van der Waals surface area contributed by atoms with Gasteiger partial charge >= 0.3 is 5.97 Å². The molecule has 0 saturated heterocycles. The van der Waals surface area contributed by atoms with Gasteiger partial charge in [-0.25, -0.2) is 4.79 Å². The lowest BCUT2D eigenvalue weighted by atomic mass is 10.1. The van der Waals surface area contributed by atoms with E-state index < -0.39 is 5.97 Å². The molecule has 0 fully saturated rings. The van der Waals surface area contributed by atoms with Gasteiger partial charge in [0.2, 0.25) is 0 Å². The van der Waals surface area contributed by atoms with E-state index in [-0.39, 0.29) is 5.56 Å². The number of carbonyl (C=O) groups is 1. The molecule has 0 saturated carbocycles. The van der Waals surface area contributed by atoms with Crippen LogP contribution in [0.5, 0.6) is 5.75 Å². The van der Waals surface area contributed by atoms with Crippen LogP contribution in [0, 0.1) is 0 Å². The highest BCUT2D eigenvalue weighted by Gasteiger charge is 2.07. The molecule has 0 unspecified atom stereocenters. The molecule has 0 aliphatic carbocycles. The van der Waals surface area contributed by atoms with E-state index in [2.05, 4.69) is 21.2 Å². The molecule has 2 aromatic carbocycles. The summed E-state index contributed by atoms with van der Waals surface area (Å²) in [4.78, 5) is 10.9. The van der Waals surface area contributed by atoms with E-state index in [1.165, 1.54) is 0 Å². The number of ether oxygens (including phenoxy) is 1. The molecular weight excluding hydrogens is 322 g/mol. The van der Waals surface area contributed by atoms with Crippen molar-refractivity contribution in [2.45, 2.75) is 6.54 Å². The van der Waals surface area contributed by atoms with E-state index in [0.717, 1.165) is 21.5 Å². The van der Waals surface area contributed by atoms with Gasteiger partial charge in [0.15, 0.2) is 0 Å². The number of hydrogen-bond donors (Lipinski definition) is 2. The van der Waals surface area contributed by atoms with Crippen molar-refractivity contribution in [2.24, 2.45) is 0 Å². The van der Waals surface area contributed by atoms with Crippen LogP contribution in [0.15, 0.2) is 46.9 Å². The summed E-state index contributed by atoms with van der Waals surface area (Å²) in [6, 6.07) is 12.6. The predicted octanol–water partition coefficient (Wildman–Crippen LogP) is 3.77. The normalized spacial score (nSPS) is 10.1. The van der Waals surface area contributed by atoms with E-state index in [1.54, 1.807) is 25.3 Å². The van der Waals surface area contributed by atoms with Crippen LogP contribution in [0.1, 0.15) is 15.9 Å². The molecular formula is C15H14BrNO3. The summed E-state index contributed by atoms with van der Waals surface area (Å²) in [6.45, 7) is 0.570. The molecule has 0 aliphatic rings. The second kappa shape index (κ2) is 6.43. The van der Waals surface area contributed by atoms with Crippen LogP contribution in [0.4, 0.5) is 5.69 Å². The average molecular weight is 336 g/mol. The van der Waals surface area contributed by atoms with Gasteiger partial charge in [-0.05, 0) is 29.8 Å². The first kappa shape index (κ1) is 14.4. The maximum Gasteiger partial charge on any atom is 0.335 e. The topological polar surface area (TPSA) is 58.6 Å². The molecule has 0 atom stereocenters. The molecule has 0 heterocycles. The van der Waals surface area contributed by atoms with Crippen molar-refractivity contribution in [3.05, 3.63) is 58.1 Å². The van der Waals surface area contributed by atoms with Gasteiger partial charge in [-0.2, -0.15) is 0 Å². The SMILES string of the molecule is COc1ccccc1NCc1ccc(C(=O)O)cc1Br. The number of anilines is 1. The highest BCUT2D eigenvalue weighted by molar-refractivity contribution is 9.10. The predicted molar refractivity (Wildman–Crippen MR) is 81.4 cm³/mol. The van der Waals surface area contributed by atoms with Crippen molar-refractivity contribution in [3.8, 4) is 5.75 Å². The fraction of sp³-hybridized carbons (Fsp3) is 0.133. The van der Waals surface area contributed by atoms with Crippen LogP contribution < -0.4 is 10.1 Å². The molecule has 2 rings (SSSR count). The van der Waals surface area contributed by atoms with Crippen molar-refractivity contribution in [1.29, 1.82) is 0 Å². The molecule has 0 amide bonds. The number of para-hydroxylation sites is 2. The standard InChI is InChI=1S/C15H14BrNO3/c1-20-14-5-3-2-4-13(14)17-9-11-7-6-10(15(18)19)8-12(11)16/h2-8,17H,9H2,1H3,(H,18,19). The Kier molecular flexibility index (Phi) is 4.63. The monoisotopic (exact) mass is 335 g/mol. The molecule has 2 aromatic rings. The highest BCUT2D eigenvalue weighted by Crippen LogP contribution is 2.25. The van der Waals surface area contributed by atoms with E-state index >= 15 is 0 Å². The Labute approximate surface area is 125 Å². The molecule has 0 bridgehead atoms. The number of benzene rings is 2. The number of carboxylic acid groups (broad SMARTS) is 1. The molecule has 104 valence electrons. The van der Waals surface area contributed by atoms with Crippen molar-refractivity contribution >= 4 is 27.6 Å². The van der Waals surface area contributed by atoms with Gasteiger partial charge in [-0.3, -0.25) is 0 Å². The third-order valence-electron chi connectivity index (χ3n) is 2.88. The second-order valence-corrected chi connectivity index (χ2v) is 5.02. The second-order valence-electron chi connectivity index (χ2n) is 4.17. The zero-order valence-electron chi connectivity index (χ0n) is 10.9. The van der Waals surface area contributed by atoms with Gasteiger partial charge < -0.3 is 15.2 Å². The van der Waals surface area contributed by atoms with E-state index in [1.807, 2.05) is 24.3 Å². The van der Waals surface area contributed by atoms with Crippen LogP contribution in [0.2, 0.25) is 0 Å². The summed E-state index contributed by atoms with van der Waals surface area (Å²) >= 11 is 3.39. The highest BCUT2D eigenvalue weighted by atomic mass is 79.9. The number of halogens is 1. The quantitative estimate of drug-likeness (QED) is 0.873. The first-order valence-corrected chi connectivity index (χ1v) is 6.79. The number of aromatic carboxylic acids is 1. The van der Waals surface area contributed by atoms with Crippen LogP contribution >= 0.6 is 15.9 Å². The van der Waals surface area contributed by atoms with Crippen molar-refractivity contribution in [3.63, 3.8) is 0 Å². The lowest BCUT2D eigenvalue weighted by molar-refractivity contribution is 0.0697. The Morgan fingerprint density at radius 1 is 1.30 bits per heavy atom. The van der Waals surface area contributed by atoms with Crippen LogP contribution in [0.25, 0.3) is 0 Å². The summed E-state index contributed by atoms with van der Waals surface area (Å²) in [5, 5.41) is 12.2. The van der Waals surface area contributed by atoms with Gasteiger partial charge in [-0.15, -0.1) is 0 Å². The van der Waals surface area contributed by atoms with E-state index in [4.69, 9.17) is 9.84 Å². The first-order chi connectivity index (χ1) is 9.61. The molecule has 20 heavy (non-hydrogen) atoms. The van der Waals surface area contributed by atoms with Gasteiger partial charge in [0, 0.05) is 11.0 Å². The van der Waals surface area contributed by atoms with Gasteiger partial charge in [0.1, 0.15) is 5.75 Å². The zero-order chi connectivity index (χ0) is 14.5.